The van der Waals surface area contributed by atoms with Gasteiger partial charge in [0.15, 0.2) is 5.16 Å². The fourth-order valence-electron chi connectivity index (χ4n) is 2.85. The Morgan fingerprint density at radius 2 is 1.96 bits per heavy atom. The van der Waals surface area contributed by atoms with E-state index in [1.165, 1.54) is 17.3 Å². The number of nitrogens with one attached hydrogen (secondary N) is 1. The van der Waals surface area contributed by atoms with Crippen LogP contribution in [0.1, 0.15) is 31.7 Å². The Labute approximate surface area is 173 Å². The summed E-state index contributed by atoms with van der Waals surface area (Å²) >= 11 is 7.29. The van der Waals surface area contributed by atoms with Gasteiger partial charge in [0.2, 0.25) is 5.91 Å². The van der Waals surface area contributed by atoms with Crippen LogP contribution < -0.4 is 10.9 Å². The monoisotopic (exact) mass is 415 g/mol. The number of rotatable bonds is 6. The maximum absolute atomic E-state index is 13.2. The van der Waals surface area contributed by atoms with Crippen LogP contribution in [0.2, 0.25) is 5.02 Å². The molecular formula is C21H22ClN3O2S. The first-order valence-electron chi connectivity index (χ1n) is 9.10. The fraction of sp³-hybridized carbons (Fsp3) is 0.286. The molecule has 1 aromatic heterocycles. The summed E-state index contributed by atoms with van der Waals surface area (Å²) in [4.78, 5) is 29.6. The molecule has 146 valence electrons. The van der Waals surface area contributed by atoms with Gasteiger partial charge in [-0.25, -0.2) is 4.98 Å². The minimum Gasteiger partial charge on any atom is -0.358 e. The Hall–Kier alpha value is -2.31. The number of nitrogens with zero attached hydrogens (tertiary/aromatic N) is 2. The molecule has 5 nitrogen and oxygen atoms in total. The van der Waals surface area contributed by atoms with E-state index in [0.29, 0.717) is 27.0 Å². The summed E-state index contributed by atoms with van der Waals surface area (Å²) in [5, 5.41) is 4.04. The highest BCUT2D eigenvalue weighted by Gasteiger charge is 2.15. The van der Waals surface area contributed by atoms with E-state index in [1.54, 1.807) is 29.8 Å². The van der Waals surface area contributed by atoms with Crippen molar-refractivity contribution in [2.45, 2.75) is 31.3 Å². The van der Waals surface area contributed by atoms with Gasteiger partial charge in [0.05, 0.1) is 22.3 Å². The van der Waals surface area contributed by atoms with Gasteiger partial charge in [-0.05, 0) is 48.2 Å². The molecule has 28 heavy (non-hydrogen) atoms. The highest BCUT2D eigenvalue weighted by atomic mass is 35.5. The molecule has 1 N–H and O–H groups in total. The molecule has 0 aliphatic carbocycles. The van der Waals surface area contributed by atoms with Crippen molar-refractivity contribution in [2.75, 3.05) is 12.8 Å². The van der Waals surface area contributed by atoms with Crippen LogP contribution >= 0.6 is 23.4 Å². The average molecular weight is 416 g/mol. The first-order chi connectivity index (χ1) is 13.4. The zero-order chi connectivity index (χ0) is 20.3. The van der Waals surface area contributed by atoms with Crippen molar-refractivity contribution in [3.63, 3.8) is 0 Å². The Kier molecular flexibility index (Phi) is 6.42. The molecule has 1 atom stereocenters. The quantitative estimate of drug-likeness (QED) is 0.479. The Balaban J connectivity index is 2.15. The van der Waals surface area contributed by atoms with Gasteiger partial charge in [0.25, 0.3) is 5.56 Å². The van der Waals surface area contributed by atoms with Crippen molar-refractivity contribution in [3.8, 4) is 5.69 Å². The minimum absolute atomic E-state index is 0.135. The van der Waals surface area contributed by atoms with Gasteiger partial charge >= 0.3 is 0 Å². The van der Waals surface area contributed by atoms with Crippen LogP contribution in [0.5, 0.6) is 0 Å². The summed E-state index contributed by atoms with van der Waals surface area (Å²) in [6, 6.07) is 13.0. The molecule has 3 rings (SSSR count). The highest BCUT2D eigenvalue weighted by molar-refractivity contribution is 7.99. The molecule has 0 saturated carbocycles. The van der Waals surface area contributed by atoms with Crippen molar-refractivity contribution < 1.29 is 4.79 Å². The molecule has 0 saturated heterocycles. The van der Waals surface area contributed by atoms with E-state index in [2.05, 4.69) is 24.1 Å². The van der Waals surface area contributed by atoms with Crippen molar-refractivity contribution in [1.82, 2.24) is 14.9 Å². The maximum Gasteiger partial charge on any atom is 0.266 e. The predicted molar refractivity (Wildman–Crippen MR) is 116 cm³/mol. The summed E-state index contributed by atoms with van der Waals surface area (Å²) in [5.74, 6) is 0.480. The molecule has 0 aliphatic rings. The third-order valence-electron chi connectivity index (χ3n) is 4.74. The van der Waals surface area contributed by atoms with Gasteiger partial charge in [-0.2, -0.15) is 0 Å². The van der Waals surface area contributed by atoms with Crippen molar-refractivity contribution in [2.24, 2.45) is 0 Å². The zero-order valence-corrected chi connectivity index (χ0v) is 17.6. The van der Waals surface area contributed by atoms with E-state index < -0.39 is 0 Å². The zero-order valence-electron chi connectivity index (χ0n) is 16.0. The van der Waals surface area contributed by atoms with Gasteiger partial charge in [-0.3, -0.25) is 14.2 Å². The molecule has 1 heterocycles. The van der Waals surface area contributed by atoms with Crippen LogP contribution in [0.25, 0.3) is 16.6 Å². The Morgan fingerprint density at radius 3 is 2.61 bits per heavy atom. The third-order valence-corrected chi connectivity index (χ3v) is 5.92. The van der Waals surface area contributed by atoms with Gasteiger partial charge in [-0.1, -0.05) is 49.3 Å². The molecule has 0 fully saturated rings. The molecule has 7 heteroatoms. The molecule has 1 unspecified atom stereocenters. The van der Waals surface area contributed by atoms with E-state index in [-0.39, 0.29) is 17.2 Å². The van der Waals surface area contributed by atoms with E-state index in [0.717, 1.165) is 12.1 Å². The first kappa shape index (κ1) is 20.4. The molecule has 1 amide bonds. The number of amides is 1. The first-order valence-corrected chi connectivity index (χ1v) is 10.5. The number of carbonyl (C=O) groups excluding carboxylic acids is 1. The number of halogens is 1. The Morgan fingerprint density at radius 1 is 1.25 bits per heavy atom. The smallest absolute Gasteiger partial charge is 0.266 e. The molecule has 0 bridgehead atoms. The molecule has 0 spiro atoms. The number of carbonyl (C=O) groups is 1. The second-order valence-corrected chi connectivity index (χ2v) is 7.94. The second kappa shape index (κ2) is 8.80. The largest absolute Gasteiger partial charge is 0.358 e. The van der Waals surface area contributed by atoms with Gasteiger partial charge in [0, 0.05) is 12.1 Å². The van der Waals surface area contributed by atoms with Crippen LogP contribution in [0.3, 0.4) is 0 Å². The SMILES string of the molecule is CCC(C)c1ccc(-n2c(SCC(=O)NC)nc3cc(Cl)ccc3c2=O)cc1. The number of hydrogen-bond donors (Lipinski definition) is 1. The van der Waals surface area contributed by atoms with Crippen LogP contribution in [-0.2, 0) is 4.79 Å². The topological polar surface area (TPSA) is 64.0 Å². The van der Waals surface area contributed by atoms with Crippen molar-refractivity contribution >= 4 is 40.2 Å². The lowest BCUT2D eigenvalue weighted by Crippen LogP contribution is -2.24. The van der Waals surface area contributed by atoms with Crippen molar-refractivity contribution in [1.29, 1.82) is 0 Å². The second-order valence-electron chi connectivity index (χ2n) is 6.56. The maximum atomic E-state index is 13.2. The summed E-state index contributed by atoms with van der Waals surface area (Å²) < 4.78 is 1.56. The van der Waals surface area contributed by atoms with Gasteiger partial charge in [-0.15, -0.1) is 0 Å². The van der Waals surface area contributed by atoms with Crippen molar-refractivity contribution in [3.05, 3.63) is 63.4 Å². The minimum atomic E-state index is -0.183. The number of hydrogen-bond acceptors (Lipinski definition) is 4. The summed E-state index contributed by atoms with van der Waals surface area (Å²) in [7, 11) is 1.58. The summed E-state index contributed by atoms with van der Waals surface area (Å²) in [6.45, 7) is 4.32. The number of thioether (sulfide) groups is 1. The van der Waals surface area contributed by atoms with E-state index in [4.69, 9.17) is 11.6 Å². The summed E-state index contributed by atoms with van der Waals surface area (Å²) in [6.07, 6.45) is 1.05. The van der Waals surface area contributed by atoms with Crippen LogP contribution in [0, 0.1) is 0 Å². The predicted octanol–water partition coefficient (Wildman–Crippen LogP) is 4.39. The highest BCUT2D eigenvalue weighted by Crippen LogP contribution is 2.25. The van der Waals surface area contributed by atoms with Crippen LogP contribution in [-0.4, -0.2) is 28.3 Å². The fourth-order valence-corrected chi connectivity index (χ4v) is 3.90. The molecule has 3 aromatic rings. The van der Waals surface area contributed by atoms with E-state index >= 15 is 0 Å². The Bertz CT molecular complexity index is 1060. The standard InChI is InChI=1S/C21H22ClN3O2S/c1-4-13(2)14-5-8-16(9-6-14)25-20(27)17-10-7-15(22)11-18(17)24-21(25)28-12-19(26)23-3/h5-11,13H,4,12H2,1-3H3,(H,23,26). The molecule has 0 aliphatic heterocycles. The van der Waals surface area contributed by atoms with E-state index in [9.17, 15) is 9.59 Å². The lowest BCUT2D eigenvalue weighted by Gasteiger charge is -2.15. The third kappa shape index (κ3) is 4.23. The number of benzene rings is 2. The van der Waals surface area contributed by atoms with E-state index in [1.807, 2.05) is 24.3 Å². The lowest BCUT2D eigenvalue weighted by molar-refractivity contribution is -0.118. The lowest BCUT2D eigenvalue weighted by atomic mass is 9.98. The number of fused-ring (bicyclic) bond motifs is 1. The molecule has 2 aromatic carbocycles. The van der Waals surface area contributed by atoms with Gasteiger partial charge in [0.1, 0.15) is 0 Å². The van der Waals surface area contributed by atoms with Crippen LogP contribution in [0.15, 0.2) is 52.4 Å². The average Bonchev–Trinajstić information content (AvgIpc) is 2.71. The number of aromatic nitrogens is 2. The molecule has 0 radical (unpaired) electrons. The summed E-state index contributed by atoms with van der Waals surface area (Å²) in [5.41, 5.74) is 2.28. The normalized spacial score (nSPS) is 12.1. The molecular weight excluding hydrogens is 394 g/mol. The van der Waals surface area contributed by atoms with Gasteiger partial charge < -0.3 is 5.32 Å². The van der Waals surface area contributed by atoms with Crippen LogP contribution in [0.4, 0.5) is 0 Å².